The first kappa shape index (κ1) is 26.6. The molecule has 3 nitrogen and oxygen atoms in total. The summed E-state index contributed by atoms with van der Waals surface area (Å²) in [5.74, 6) is 2.11. The first-order chi connectivity index (χ1) is 16.3. The van der Waals surface area contributed by atoms with E-state index in [4.69, 9.17) is 0 Å². The zero-order valence-corrected chi connectivity index (χ0v) is 22.2. The van der Waals surface area contributed by atoms with Crippen LogP contribution in [0.2, 0.25) is 0 Å². The molecule has 1 saturated carbocycles. The smallest absolute Gasteiger partial charge is 0.121 e. The Balaban J connectivity index is 2.23. The maximum atomic E-state index is 11.0. The number of hydrogen-bond donors (Lipinski definition) is 3. The van der Waals surface area contributed by atoms with Crippen LogP contribution in [0.3, 0.4) is 0 Å². The van der Waals surface area contributed by atoms with E-state index in [2.05, 4.69) is 65.8 Å². The van der Waals surface area contributed by atoms with Crippen LogP contribution >= 0.6 is 0 Å². The van der Waals surface area contributed by atoms with Crippen LogP contribution in [0.25, 0.3) is 0 Å². The van der Waals surface area contributed by atoms with E-state index >= 15 is 0 Å². The summed E-state index contributed by atoms with van der Waals surface area (Å²) >= 11 is 0. The highest BCUT2D eigenvalue weighted by Gasteiger charge is 2.39. The minimum atomic E-state index is -0.221. The molecule has 2 aromatic carbocycles. The summed E-state index contributed by atoms with van der Waals surface area (Å²) in [6.45, 7) is 12.8. The number of aliphatic hydroxyl groups excluding tert-OH is 1. The van der Waals surface area contributed by atoms with Gasteiger partial charge in [0.1, 0.15) is 11.5 Å². The van der Waals surface area contributed by atoms with Crippen LogP contribution in [-0.4, -0.2) is 21.4 Å². The molecule has 1 aliphatic rings. The monoisotopic (exact) mass is 466 g/mol. The van der Waals surface area contributed by atoms with Crippen molar-refractivity contribution in [3.63, 3.8) is 0 Å². The van der Waals surface area contributed by atoms with Gasteiger partial charge in [-0.05, 0) is 89.7 Å². The van der Waals surface area contributed by atoms with Crippen LogP contribution in [0.15, 0.2) is 24.3 Å². The number of aromatic hydroxyl groups is 2. The average Bonchev–Trinajstić information content (AvgIpc) is 2.86. The van der Waals surface area contributed by atoms with Crippen LogP contribution in [0, 0.1) is 17.8 Å². The fourth-order valence-corrected chi connectivity index (χ4v) is 6.37. The third-order valence-electron chi connectivity index (χ3n) is 8.52. The van der Waals surface area contributed by atoms with Crippen LogP contribution in [0.4, 0.5) is 0 Å². The zero-order chi connectivity index (χ0) is 25.0. The summed E-state index contributed by atoms with van der Waals surface area (Å²) in [5.41, 5.74) is 6.60. The molecule has 0 radical (unpaired) electrons. The summed E-state index contributed by atoms with van der Waals surface area (Å²) in [5, 5.41) is 32.6. The van der Waals surface area contributed by atoms with E-state index in [1.807, 2.05) is 0 Å². The number of phenols is 2. The second kappa shape index (κ2) is 11.6. The zero-order valence-electron chi connectivity index (χ0n) is 22.2. The Bertz CT molecular complexity index is 838. The molecular formula is C31H46O3. The molecule has 0 bridgehead atoms. The minimum Gasteiger partial charge on any atom is -0.507 e. The number of rotatable bonds is 9. The van der Waals surface area contributed by atoms with Gasteiger partial charge in [0.05, 0.1) is 6.10 Å². The van der Waals surface area contributed by atoms with Crippen molar-refractivity contribution in [3.8, 4) is 11.5 Å². The van der Waals surface area contributed by atoms with Crippen molar-refractivity contribution in [1.29, 1.82) is 0 Å². The van der Waals surface area contributed by atoms with Crippen molar-refractivity contribution in [2.24, 2.45) is 17.8 Å². The average molecular weight is 467 g/mol. The predicted octanol–water partition coefficient (Wildman–Crippen LogP) is 7.30. The van der Waals surface area contributed by atoms with E-state index in [9.17, 15) is 15.3 Å². The van der Waals surface area contributed by atoms with Crippen LogP contribution < -0.4 is 0 Å². The molecule has 2 aromatic rings. The van der Waals surface area contributed by atoms with Gasteiger partial charge in [0.15, 0.2) is 0 Å². The molecule has 3 N–H and O–H groups in total. The molecule has 0 aliphatic heterocycles. The summed E-state index contributed by atoms with van der Waals surface area (Å²) in [4.78, 5) is 0. The standard InChI is InChI=1S/C31H46O3/c1-7-19-13-25(14-20(8-2)29(19)32)28(26-15-21(9-3)30(33)22(10-4)16-26)27-17-23(11-5)31(34)24(12-6)18-27/h13-16,23-24,27-28,31-34H,7-12,17-18H2,1-6H3. The van der Waals surface area contributed by atoms with Gasteiger partial charge < -0.3 is 15.3 Å². The number of aliphatic hydroxyl groups is 1. The molecule has 2 atom stereocenters. The van der Waals surface area contributed by atoms with Gasteiger partial charge in [-0.2, -0.15) is 0 Å². The topological polar surface area (TPSA) is 60.7 Å². The lowest BCUT2D eigenvalue weighted by atomic mass is 9.64. The molecule has 0 aromatic heterocycles. The van der Waals surface area contributed by atoms with Gasteiger partial charge in [0, 0.05) is 5.92 Å². The Kier molecular flexibility index (Phi) is 9.09. The fourth-order valence-electron chi connectivity index (χ4n) is 6.37. The minimum absolute atomic E-state index is 0.183. The Labute approximate surface area is 207 Å². The second-order valence-corrected chi connectivity index (χ2v) is 10.3. The molecule has 1 fully saturated rings. The lowest BCUT2D eigenvalue weighted by molar-refractivity contribution is -0.00999. The van der Waals surface area contributed by atoms with E-state index in [1.165, 1.54) is 11.1 Å². The van der Waals surface area contributed by atoms with E-state index in [0.29, 0.717) is 29.3 Å². The second-order valence-electron chi connectivity index (χ2n) is 10.3. The van der Waals surface area contributed by atoms with Gasteiger partial charge in [0.2, 0.25) is 0 Å². The normalized spacial score (nSPS) is 22.9. The van der Waals surface area contributed by atoms with Gasteiger partial charge in [-0.1, -0.05) is 78.6 Å². The van der Waals surface area contributed by atoms with Crippen molar-refractivity contribution in [2.45, 2.75) is 105 Å². The molecule has 3 heteroatoms. The fraction of sp³-hybridized carbons (Fsp3) is 0.613. The highest BCUT2D eigenvalue weighted by molar-refractivity contribution is 5.51. The molecule has 3 rings (SSSR count). The number of hydrogen-bond acceptors (Lipinski definition) is 3. The molecule has 1 aliphatic carbocycles. The van der Waals surface area contributed by atoms with E-state index in [-0.39, 0.29) is 12.0 Å². The Morgan fingerprint density at radius 2 is 0.971 bits per heavy atom. The van der Waals surface area contributed by atoms with Crippen LogP contribution in [-0.2, 0) is 25.7 Å². The summed E-state index contributed by atoms with van der Waals surface area (Å²) < 4.78 is 0. The van der Waals surface area contributed by atoms with E-state index in [1.54, 1.807) is 0 Å². The highest BCUT2D eigenvalue weighted by atomic mass is 16.3. The molecule has 0 amide bonds. The summed E-state index contributed by atoms with van der Waals surface area (Å²) in [7, 11) is 0. The Morgan fingerprint density at radius 3 is 1.24 bits per heavy atom. The number of benzene rings is 2. The number of phenolic OH excluding ortho intramolecular Hbond substituents is 2. The molecule has 0 heterocycles. The van der Waals surface area contributed by atoms with E-state index in [0.717, 1.165) is 73.6 Å². The largest absolute Gasteiger partial charge is 0.507 e. The predicted molar refractivity (Wildman–Crippen MR) is 142 cm³/mol. The van der Waals surface area contributed by atoms with Gasteiger partial charge in [-0.15, -0.1) is 0 Å². The van der Waals surface area contributed by atoms with Crippen molar-refractivity contribution in [1.82, 2.24) is 0 Å². The maximum Gasteiger partial charge on any atom is 0.121 e. The molecule has 0 saturated heterocycles. The SMILES string of the molecule is CCc1cc(C(c2cc(CC)c(O)c(CC)c2)C2CC(CC)C(O)C(CC)C2)cc(CC)c1O. The highest BCUT2D eigenvalue weighted by Crippen LogP contribution is 2.48. The molecule has 188 valence electrons. The molecule has 34 heavy (non-hydrogen) atoms. The van der Waals surface area contributed by atoms with E-state index < -0.39 is 0 Å². The Morgan fingerprint density at radius 1 is 0.647 bits per heavy atom. The van der Waals surface area contributed by atoms with Gasteiger partial charge in [-0.25, -0.2) is 0 Å². The van der Waals surface area contributed by atoms with Crippen molar-refractivity contribution in [3.05, 3.63) is 57.6 Å². The van der Waals surface area contributed by atoms with Gasteiger partial charge in [0.25, 0.3) is 0 Å². The summed E-state index contributed by atoms with van der Waals surface area (Å²) in [6.07, 6.45) is 6.98. The van der Waals surface area contributed by atoms with Gasteiger partial charge in [-0.3, -0.25) is 0 Å². The quantitative estimate of drug-likeness (QED) is 0.363. The third kappa shape index (κ3) is 5.15. The third-order valence-corrected chi connectivity index (χ3v) is 8.52. The lowest BCUT2D eigenvalue weighted by Crippen LogP contribution is -2.38. The van der Waals surface area contributed by atoms with Crippen molar-refractivity contribution >= 4 is 0 Å². The first-order valence-electron chi connectivity index (χ1n) is 13.7. The lowest BCUT2D eigenvalue weighted by Gasteiger charge is -2.42. The molecule has 2 unspecified atom stereocenters. The Hall–Kier alpha value is -2.00. The van der Waals surface area contributed by atoms with Crippen LogP contribution in [0.1, 0.15) is 107 Å². The number of aryl methyl sites for hydroxylation is 4. The molecule has 0 spiro atoms. The summed E-state index contributed by atoms with van der Waals surface area (Å²) in [6, 6.07) is 8.87. The maximum absolute atomic E-state index is 11.0. The first-order valence-corrected chi connectivity index (χ1v) is 13.7. The van der Waals surface area contributed by atoms with Gasteiger partial charge >= 0.3 is 0 Å². The van der Waals surface area contributed by atoms with Crippen molar-refractivity contribution in [2.75, 3.05) is 0 Å². The molecular weight excluding hydrogens is 420 g/mol. The van der Waals surface area contributed by atoms with Crippen LogP contribution in [0.5, 0.6) is 11.5 Å². The van der Waals surface area contributed by atoms with Crippen molar-refractivity contribution < 1.29 is 15.3 Å².